The summed E-state index contributed by atoms with van der Waals surface area (Å²) in [5.41, 5.74) is 2.52. The molecule has 0 aliphatic carbocycles. The van der Waals surface area contributed by atoms with Gasteiger partial charge in [-0.2, -0.15) is 0 Å². The molecule has 0 aromatic heterocycles. The van der Waals surface area contributed by atoms with E-state index in [1.165, 1.54) is 0 Å². The van der Waals surface area contributed by atoms with Crippen LogP contribution in [0.25, 0.3) is 6.08 Å². The second kappa shape index (κ2) is 9.89. The first-order valence-corrected chi connectivity index (χ1v) is 12.0. The van der Waals surface area contributed by atoms with Gasteiger partial charge in [-0.3, -0.25) is 0 Å². The van der Waals surface area contributed by atoms with Gasteiger partial charge in [-0.05, 0) is 87.2 Å². The van der Waals surface area contributed by atoms with Crippen molar-refractivity contribution in [2.45, 2.75) is 6.61 Å². The Morgan fingerprint density at radius 2 is 1.61 bits per heavy atom. The predicted octanol–water partition coefficient (Wildman–Crippen LogP) is 7.13. The van der Waals surface area contributed by atoms with Crippen LogP contribution in [0.1, 0.15) is 16.7 Å². The number of halogens is 4. The molecular weight excluding hydrogens is 663 g/mol. The summed E-state index contributed by atoms with van der Waals surface area (Å²) in [7, 11) is 0. The van der Waals surface area contributed by atoms with E-state index in [4.69, 9.17) is 32.7 Å². The molecule has 0 bridgehead atoms. The number of aliphatic imine (C=N–C) groups is 1. The maximum atomic E-state index is 12.3. The number of benzene rings is 3. The third kappa shape index (κ3) is 5.24. The maximum Gasteiger partial charge on any atom is 0.363 e. The molecule has 0 fully saturated rings. The van der Waals surface area contributed by atoms with Crippen molar-refractivity contribution < 1.29 is 14.3 Å². The summed E-state index contributed by atoms with van der Waals surface area (Å²) in [4.78, 5) is 16.6. The molecule has 156 valence electrons. The summed E-state index contributed by atoms with van der Waals surface area (Å²) in [6.45, 7) is 0.365. The fourth-order valence-electron chi connectivity index (χ4n) is 2.88. The van der Waals surface area contributed by atoms with Crippen molar-refractivity contribution in [2.24, 2.45) is 4.99 Å². The summed E-state index contributed by atoms with van der Waals surface area (Å²) in [6, 6.07) is 18.5. The van der Waals surface area contributed by atoms with Crippen molar-refractivity contribution >= 4 is 86.3 Å². The number of esters is 1. The minimum absolute atomic E-state index is 0.200. The molecule has 0 unspecified atom stereocenters. The molecule has 4 rings (SSSR count). The van der Waals surface area contributed by atoms with E-state index in [9.17, 15) is 4.79 Å². The molecule has 0 N–H and O–H groups in total. The van der Waals surface area contributed by atoms with Crippen molar-refractivity contribution in [3.8, 4) is 5.75 Å². The highest BCUT2D eigenvalue weighted by Gasteiger charge is 2.25. The topological polar surface area (TPSA) is 47.9 Å². The number of hydrogen-bond acceptors (Lipinski definition) is 4. The molecule has 0 saturated heterocycles. The quantitative estimate of drug-likeness (QED) is 0.164. The third-order valence-electron chi connectivity index (χ3n) is 4.38. The molecule has 3 aromatic carbocycles. The van der Waals surface area contributed by atoms with Crippen molar-refractivity contribution in [1.82, 2.24) is 0 Å². The van der Waals surface area contributed by atoms with E-state index >= 15 is 0 Å². The predicted molar refractivity (Wildman–Crippen MR) is 140 cm³/mol. The van der Waals surface area contributed by atoms with Gasteiger partial charge in [0.05, 0.1) is 17.7 Å². The van der Waals surface area contributed by atoms with E-state index in [1.54, 1.807) is 24.3 Å². The Bertz CT molecular complexity index is 1220. The zero-order valence-corrected chi connectivity index (χ0v) is 21.6. The van der Waals surface area contributed by atoms with Gasteiger partial charge in [0.1, 0.15) is 12.4 Å². The first kappa shape index (κ1) is 22.6. The van der Waals surface area contributed by atoms with E-state index in [-0.39, 0.29) is 11.6 Å². The number of cyclic esters (lactones) is 1. The lowest BCUT2D eigenvalue weighted by molar-refractivity contribution is -0.129. The van der Waals surface area contributed by atoms with Crippen LogP contribution < -0.4 is 4.74 Å². The third-order valence-corrected chi connectivity index (χ3v) is 6.68. The molecule has 0 spiro atoms. The number of carbonyl (C=O) groups excluding carboxylic acids is 1. The van der Waals surface area contributed by atoms with E-state index < -0.39 is 5.97 Å². The van der Waals surface area contributed by atoms with Crippen LogP contribution >= 0.6 is 68.4 Å². The van der Waals surface area contributed by atoms with Crippen LogP contribution in [-0.4, -0.2) is 11.9 Å². The van der Waals surface area contributed by atoms with Crippen LogP contribution in [0.15, 0.2) is 71.4 Å². The van der Waals surface area contributed by atoms with Crippen LogP contribution in [0.5, 0.6) is 5.75 Å². The molecule has 31 heavy (non-hydrogen) atoms. The minimum Gasteiger partial charge on any atom is -0.487 e. The molecule has 1 heterocycles. The monoisotopic (exact) mass is 675 g/mol. The molecule has 0 amide bonds. The Morgan fingerprint density at radius 1 is 0.968 bits per heavy atom. The van der Waals surface area contributed by atoms with Gasteiger partial charge >= 0.3 is 5.97 Å². The summed E-state index contributed by atoms with van der Waals surface area (Å²) < 4.78 is 13.1. The smallest absolute Gasteiger partial charge is 0.363 e. The lowest BCUT2D eigenvalue weighted by Gasteiger charge is -2.12. The van der Waals surface area contributed by atoms with Crippen molar-refractivity contribution in [3.63, 3.8) is 0 Å². The Labute approximate surface area is 216 Å². The molecule has 0 atom stereocenters. The first-order valence-electron chi connectivity index (χ1n) is 9.05. The average Bonchev–Trinajstić information content (AvgIpc) is 3.09. The number of ether oxygens (including phenoxy) is 2. The van der Waals surface area contributed by atoms with Gasteiger partial charge in [-0.1, -0.05) is 53.5 Å². The minimum atomic E-state index is -0.515. The maximum absolute atomic E-state index is 12.3. The molecule has 1 aliphatic heterocycles. The highest BCUT2D eigenvalue weighted by atomic mass is 127. The number of nitrogens with zero attached hydrogens (tertiary/aromatic N) is 1. The lowest BCUT2D eigenvalue weighted by atomic mass is 10.2. The van der Waals surface area contributed by atoms with Crippen LogP contribution in [0.2, 0.25) is 10.0 Å². The second-order valence-corrected chi connectivity index (χ2v) is 9.65. The lowest BCUT2D eigenvalue weighted by Crippen LogP contribution is -2.05. The Morgan fingerprint density at radius 3 is 2.29 bits per heavy atom. The molecule has 4 nitrogen and oxygen atoms in total. The van der Waals surface area contributed by atoms with E-state index in [2.05, 4.69) is 50.2 Å². The van der Waals surface area contributed by atoms with Crippen LogP contribution in [0.4, 0.5) is 0 Å². The van der Waals surface area contributed by atoms with Gasteiger partial charge in [0.2, 0.25) is 5.90 Å². The molecule has 0 radical (unpaired) electrons. The summed E-state index contributed by atoms with van der Waals surface area (Å²) in [5.74, 6) is 0.447. The van der Waals surface area contributed by atoms with Gasteiger partial charge in [0.15, 0.2) is 5.70 Å². The highest BCUT2D eigenvalue weighted by molar-refractivity contribution is 14.1. The second-order valence-electron chi connectivity index (χ2n) is 6.51. The van der Waals surface area contributed by atoms with Crippen molar-refractivity contribution in [2.75, 3.05) is 0 Å². The van der Waals surface area contributed by atoms with Crippen LogP contribution in [0.3, 0.4) is 0 Å². The van der Waals surface area contributed by atoms with Crippen molar-refractivity contribution in [3.05, 3.63) is 100 Å². The summed E-state index contributed by atoms with van der Waals surface area (Å²) >= 11 is 16.8. The van der Waals surface area contributed by atoms with Crippen molar-refractivity contribution in [1.29, 1.82) is 0 Å². The highest BCUT2D eigenvalue weighted by Crippen LogP contribution is 2.32. The largest absolute Gasteiger partial charge is 0.487 e. The molecule has 0 saturated carbocycles. The molecule has 1 aliphatic rings. The number of carbonyl (C=O) groups is 1. The van der Waals surface area contributed by atoms with Gasteiger partial charge in [-0.15, -0.1) is 0 Å². The van der Waals surface area contributed by atoms with Gasteiger partial charge < -0.3 is 9.47 Å². The van der Waals surface area contributed by atoms with E-state index in [0.717, 1.165) is 24.0 Å². The molecule has 8 heteroatoms. The summed E-state index contributed by atoms with van der Waals surface area (Å²) in [5, 5.41) is 1.14. The van der Waals surface area contributed by atoms with Gasteiger partial charge in [-0.25, -0.2) is 9.79 Å². The molecular formula is C23H13Cl2I2NO3. The fourth-order valence-corrected chi connectivity index (χ4v) is 5.42. The Kier molecular flexibility index (Phi) is 7.20. The Hall–Kier alpha value is -1.62. The normalized spacial score (nSPS) is 14.5. The van der Waals surface area contributed by atoms with Crippen LogP contribution in [-0.2, 0) is 16.1 Å². The van der Waals surface area contributed by atoms with Gasteiger partial charge in [0, 0.05) is 10.6 Å². The first-order chi connectivity index (χ1) is 14.9. The Balaban J connectivity index is 1.58. The van der Waals surface area contributed by atoms with Crippen LogP contribution in [0, 0.1) is 7.14 Å². The average molecular weight is 676 g/mol. The fraction of sp³-hybridized carbons (Fsp3) is 0.0435. The van der Waals surface area contributed by atoms with E-state index in [0.29, 0.717) is 22.2 Å². The zero-order valence-electron chi connectivity index (χ0n) is 15.7. The number of rotatable bonds is 5. The molecule has 3 aromatic rings. The zero-order chi connectivity index (χ0) is 22.0. The SMILES string of the molecule is O=C1OC(c2ccccc2Cl)=N/C1=C\c1cc(I)c(OCc2ccccc2Cl)c(I)c1. The summed E-state index contributed by atoms with van der Waals surface area (Å²) in [6.07, 6.45) is 1.69. The number of hydrogen-bond donors (Lipinski definition) is 0. The van der Waals surface area contributed by atoms with Gasteiger partial charge in [0.25, 0.3) is 0 Å². The standard InChI is InChI=1S/C23H13Cl2I2NO3/c24-16-7-3-1-5-14(16)12-30-21-18(26)9-13(10-19(21)27)11-20-23(29)31-22(28-20)15-6-2-4-8-17(15)25/h1-11H,12H2/b20-11-. The van der Waals surface area contributed by atoms with E-state index in [1.807, 2.05) is 42.5 Å².